The first kappa shape index (κ1) is 10.5. The van der Waals surface area contributed by atoms with E-state index in [2.05, 4.69) is 35.1 Å². The quantitative estimate of drug-likeness (QED) is 0.753. The predicted octanol–water partition coefficient (Wildman–Crippen LogP) is 1.93. The van der Waals surface area contributed by atoms with E-state index in [0.29, 0.717) is 16.9 Å². The van der Waals surface area contributed by atoms with Crippen LogP contribution in [-0.4, -0.2) is 30.1 Å². The molecular formula is C9H18BrNO. The minimum absolute atomic E-state index is 0.589. The summed E-state index contributed by atoms with van der Waals surface area (Å²) in [4.78, 5) is 0.599. The first-order chi connectivity index (χ1) is 5.68. The molecule has 0 aliphatic carbocycles. The molecule has 0 aromatic carbocycles. The molecule has 1 aliphatic heterocycles. The Morgan fingerprint density at radius 3 is 2.83 bits per heavy atom. The van der Waals surface area contributed by atoms with Crippen LogP contribution in [0.15, 0.2) is 0 Å². The number of hydrogen-bond acceptors (Lipinski definition) is 2. The standard InChI is InChI=1S/C9H18BrNO/c1-7(10)5-8(2)11-9-3-4-12-6-9/h7-9,11H,3-6H2,1-2H3. The zero-order valence-electron chi connectivity index (χ0n) is 7.85. The van der Waals surface area contributed by atoms with Crippen LogP contribution in [0.1, 0.15) is 26.7 Å². The Kier molecular flexibility index (Phi) is 4.54. The van der Waals surface area contributed by atoms with Crippen LogP contribution in [0.25, 0.3) is 0 Å². The third kappa shape index (κ3) is 3.87. The molecule has 1 fully saturated rings. The molecule has 0 amide bonds. The van der Waals surface area contributed by atoms with Gasteiger partial charge in [0, 0.05) is 23.5 Å². The van der Waals surface area contributed by atoms with Crippen molar-refractivity contribution in [2.75, 3.05) is 13.2 Å². The number of nitrogens with one attached hydrogen (secondary N) is 1. The van der Waals surface area contributed by atoms with Gasteiger partial charge in [0.15, 0.2) is 0 Å². The van der Waals surface area contributed by atoms with E-state index >= 15 is 0 Å². The molecule has 0 radical (unpaired) electrons. The van der Waals surface area contributed by atoms with Crippen LogP contribution in [0.2, 0.25) is 0 Å². The fraction of sp³-hybridized carbons (Fsp3) is 1.00. The van der Waals surface area contributed by atoms with Crippen molar-refractivity contribution in [3.05, 3.63) is 0 Å². The molecule has 0 saturated carbocycles. The first-order valence-corrected chi connectivity index (χ1v) is 5.58. The highest BCUT2D eigenvalue weighted by Crippen LogP contribution is 2.10. The minimum Gasteiger partial charge on any atom is -0.380 e. The fourth-order valence-electron chi connectivity index (χ4n) is 1.62. The maximum absolute atomic E-state index is 5.29. The number of halogens is 1. The molecule has 2 nitrogen and oxygen atoms in total. The molecule has 0 bridgehead atoms. The Hall–Kier alpha value is 0.400. The minimum atomic E-state index is 0.589. The molecule has 3 unspecified atom stereocenters. The molecule has 3 atom stereocenters. The number of rotatable bonds is 4. The van der Waals surface area contributed by atoms with Gasteiger partial charge in [0.2, 0.25) is 0 Å². The van der Waals surface area contributed by atoms with Gasteiger partial charge in [0.25, 0.3) is 0 Å². The summed E-state index contributed by atoms with van der Waals surface area (Å²) in [6, 6.07) is 1.18. The van der Waals surface area contributed by atoms with Crippen LogP contribution in [-0.2, 0) is 4.74 Å². The third-order valence-electron chi connectivity index (χ3n) is 2.13. The number of hydrogen-bond donors (Lipinski definition) is 1. The van der Waals surface area contributed by atoms with Crippen molar-refractivity contribution < 1.29 is 4.74 Å². The van der Waals surface area contributed by atoms with Crippen molar-refractivity contribution in [1.29, 1.82) is 0 Å². The molecule has 72 valence electrons. The van der Waals surface area contributed by atoms with Crippen molar-refractivity contribution in [3.63, 3.8) is 0 Å². The maximum atomic E-state index is 5.29. The lowest BCUT2D eigenvalue weighted by molar-refractivity contribution is 0.188. The van der Waals surface area contributed by atoms with Gasteiger partial charge in [-0.3, -0.25) is 0 Å². The first-order valence-electron chi connectivity index (χ1n) is 4.66. The smallest absolute Gasteiger partial charge is 0.0620 e. The summed E-state index contributed by atoms with van der Waals surface area (Å²) in [7, 11) is 0. The molecule has 0 aromatic rings. The van der Waals surface area contributed by atoms with E-state index in [0.717, 1.165) is 13.2 Å². The lowest BCUT2D eigenvalue weighted by Gasteiger charge is -2.19. The van der Waals surface area contributed by atoms with E-state index < -0.39 is 0 Å². The highest BCUT2D eigenvalue weighted by atomic mass is 79.9. The molecule has 1 rings (SSSR count). The molecule has 3 heteroatoms. The van der Waals surface area contributed by atoms with Gasteiger partial charge in [-0.2, -0.15) is 0 Å². The number of alkyl halides is 1. The van der Waals surface area contributed by atoms with E-state index in [-0.39, 0.29) is 0 Å². The molecular weight excluding hydrogens is 218 g/mol. The van der Waals surface area contributed by atoms with Crippen molar-refractivity contribution in [3.8, 4) is 0 Å². The predicted molar refractivity (Wildman–Crippen MR) is 54.8 cm³/mol. The molecule has 1 heterocycles. The van der Waals surface area contributed by atoms with Crippen LogP contribution < -0.4 is 5.32 Å². The summed E-state index contributed by atoms with van der Waals surface area (Å²) in [6.45, 7) is 6.23. The van der Waals surface area contributed by atoms with Crippen LogP contribution in [0.5, 0.6) is 0 Å². The van der Waals surface area contributed by atoms with Crippen LogP contribution in [0, 0.1) is 0 Å². The summed E-state index contributed by atoms with van der Waals surface area (Å²) in [5, 5.41) is 3.56. The lowest BCUT2D eigenvalue weighted by atomic mass is 10.1. The van der Waals surface area contributed by atoms with E-state index in [4.69, 9.17) is 4.74 Å². The monoisotopic (exact) mass is 235 g/mol. The Labute approximate surface area is 83.2 Å². The molecule has 12 heavy (non-hydrogen) atoms. The lowest BCUT2D eigenvalue weighted by Crippen LogP contribution is -2.37. The Bertz CT molecular complexity index is 124. The van der Waals surface area contributed by atoms with Crippen molar-refractivity contribution in [2.45, 2.75) is 43.6 Å². The summed E-state index contributed by atoms with van der Waals surface area (Å²) in [6.07, 6.45) is 2.34. The largest absolute Gasteiger partial charge is 0.380 e. The van der Waals surface area contributed by atoms with Crippen molar-refractivity contribution in [2.24, 2.45) is 0 Å². The van der Waals surface area contributed by atoms with Gasteiger partial charge in [-0.1, -0.05) is 22.9 Å². The molecule has 1 aliphatic rings. The summed E-state index contributed by atoms with van der Waals surface area (Å²) >= 11 is 3.55. The second kappa shape index (κ2) is 5.20. The van der Waals surface area contributed by atoms with Crippen LogP contribution in [0.4, 0.5) is 0 Å². The van der Waals surface area contributed by atoms with Crippen molar-refractivity contribution >= 4 is 15.9 Å². The van der Waals surface area contributed by atoms with Crippen LogP contribution in [0.3, 0.4) is 0 Å². The molecule has 1 saturated heterocycles. The average Bonchev–Trinajstić information content (AvgIpc) is 2.37. The maximum Gasteiger partial charge on any atom is 0.0620 e. The normalized spacial score (nSPS) is 28.8. The Morgan fingerprint density at radius 1 is 1.58 bits per heavy atom. The van der Waals surface area contributed by atoms with E-state index in [9.17, 15) is 0 Å². The summed E-state index contributed by atoms with van der Waals surface area (Å²) < 4.78 is 5.29. The average molecular weight is 236 g/mol. The SMILES string of the molecule is CC(Br)CC(C)NC1CCOC1. The van der Waals surface area contributed by atoms with E-state index in [1.165, 1.54) is 12.8 Å². The van der Waals surface area contributed by atoms with Gasteiger partial charge in [0.05, 0.1) is 6.61 Å². The second-order valence-electron chi connectivity index (χ2n) is 3.64. The molecule has 0 spiro atoms. The fourth-order valence-corrected chi connectivity index (χ4v) is 2.18. The zero-order valence-corrected chi connectivity index (χ0v) is 9.43. The summed E-state index contributed by atoms with van der Waals surface area (Å²) in [5.41, 5.74) is 0. The van der Waals surface area contributed by atoms with Gasteiger partial charge in [0.1, 0.15) is 0 Å². The highest BCUT2D eigenvalue weighted by molar-refractivity contribution is 9.09. The van der Waals surface area contributed by atoms with Gasteiger partial charge in [-0.15, -0.1) is 0 Å². The topological polar surface area (TPSA) is 21.3 Å². The summed E-state index contributed by atoms with van der Waals surface area (Å²) in [5.74, 6) is 0. The third-order valence-corrected chi connectivity index (χ3v) is 2.50. The highest BCUT2D eigenvalue weighted by Gasteiger charge is 2.17. The second-order valence-corrected chi connectivity index (χ2v) is 5.21. The molecule has 1 N–H and O–H groups in total. The van der Waals surface area contributed by atoms with Gasteiger partial charge in [-0.05, 0) is 19.8 Å². The van der Waals surface area contributed by atoms with Crippen LogP contribution >= 0.6 is 15.9 Å². The van der Waals surface area contributed by atoms with Gasteiger partial charge < -0.3 is 10.1 Å². The van der Waals surface area contributed by atoms with Crippen molar-refractivity contribution in [1.82, 2.24) is 5.32 Å². The zero-order chi connectivity index (χ0) is 8.97. The van der Waals surface area contributed by atoms with Gasteiger partial charge in [-0.25, -0.2) is 0 Å². The van der Waals surface area contributed by atoms with Gasteiger partial charge >= 0.3 is 0 Å². The van der Waals surface area contributed by atoms with E-state index in [1.807, 2.05) is 0 Å². The number of ether oxygens (including phenoxy) is 1. The Morgan fingerprint density at radius 2 is 2.33 bits per heavy atom. The molecule has 0 aromatic heterocycles. The Balaban J connectivity index is 2.11. The van der Waals surface area contributed by atoms with E-state index in [1.54, 1.807) is 0 Å².